The van der Waals surface area contributed by atoms with Crippen molar-refractivity contribution in [3.8, 4) is 0 Å². The maximum absolute atomic E-state index is 4.26. The summed E-state index contributed by atoms with van der Waals surface area (Å²) < 4.78 is 1.04. The standard InChI is InChI=1S/C15H26BrN3/c1-6-15(7-2,19(4)5)14(17-3)9-12-8-13(16)11-18-10-12/h8,10-11,14,17H,6-7,9H2,1-5H3. The van der Waals surface area contributed by atoms with Gasteiger partial charge in [0.2, 0.25) is 0 Å². The summed E-state index contributed by atoms with van der Waals surface area (Å²) in [7, 11) is 6.41. The maximum atomic E-state index is 4.26. The number of hydrogen-bond acceptors (Lipinski definition) is 3. The molecule has 0 aliphatic carbocycles. The van der Waals surface area contributed by atoms with Gasteiger partial charge in [-0.15, -0.1) is 0 Å². The van der Waals surface area contributed by atoms with Crippen molar-refractivity contribution in [3.63, 3.8) is 0 Å². The first-order valence-corrected chi connectivity index (χ1v) is 7.73. The van der Waals surface area contributed by atoms with E-state index in [2.05, 4.69) is 72.2 Å². The fourth-order valence-corrected chi connectivity index (χ4v) is 3.46. The van der Waals surface area contributed by atoms with Crippen LogP contribution in [0.15, 0.2) is 22.9 Å². The van der Waals surface area contributed by atoms with E-state index in [0.29, 0.717) is 6.04 Å². The van der Waals surface area contributed by atoms with Crippen molar-refractivity contribution in [2.75, 3.05) is 21.1 Å². The van der Waals surface area contributed by atoms with Crippen molar-refractivity contribution in [3.05, 3.63) is 28.5 Å². The van der Waals surface area contributed by atoms with E-state index in [9.17, 15) is 0 Å². The minimum Gasteiger partial charge on any atom is -0.315 e. The molecule has 1 rings (SSSR count). The molecule has 0 aliphatic heterocycles. The Morgan fingerprint density at radius 3 is 2.37 bits per heavy atom. The second-order valence-electron chi connectivity index (χ2n) is 5.26. The van der Waals surface area contributed by atoms with Gasteiger partial charge in [-0.25, -0.2) is 0 Å². The second kappa shape index (κ2) is 7.36. The highest BCUT2D eigenvalue weighted by atomic mass is 79.9. The lowest BCUT2D eigenvalue weighted by Crippen LogP contribution is -2.58. The van der Waals surface area contributed by atoms with Gasteiger partial charge in [-0.2, -0.15) is 0 Å². The summed E-state index contributed by atoms with van der Waals surface area (Å²) in [6, 6.07) is 2.57. The maximum Gasteiger partial charge on any atom is 0.0410 e. The van der Waals surface area contributed by atoms with Crippen LogP contribution < -0.4 is 5.32 Å². The number of likely N-dealkylation sites (N-methyl/N-ethyl adjacent to an activating group) is 2. The Balaban J connectivity index is 2.98. The van der Waals surface area contributed by atoms with E-state index in [1.54, 1.807) is 0 Å². The predicted molar refractivity (Wildman–Crippen MR) is 85.5 cm³/mol. The van der Waals surface area contributed by atoms with Crippen LogP contribution >= 0.6 is 15.9 Å². The molecule has 108 valence electrons. The molecule has 1 atom stereocenters. The summed E-state index contributed by atoms with van der Waals surface area (Å²) in [5, 5.41) is 3.51. The molecule has 0 aromatic carbocycles. The van der Waals surface area contributed by atoms with E-state index in [1.807, 2.05) is 12.4 Å². The van der Waals surface area contributed by atoms with Crippen LogP contribution in [0, 0.1) is 0 Å². The minimum atomic E-state index is 0.178. The fraction of sp³-hybridized carbons (Fsp3) is 0.667. The lowest BCUT2D eigenvalue weighted by atomic mass is 9.80. The highest BCUT2D eigenvalue weighted by Crippen LogP contribution is 2.28. The first-order chi connectivity index (χ1) is 9.00. The Hall–Kier alpha value is -0.450. The second-order valence-corrected chi connectivity index (χ2v) is 6.18. The zero-order valence-electron chi connectivity index (χ0n) is 12.7. The van der Waals surface area contributed by atoms with Crippen molar-refractivity contribution >= 4 is 15.9 Å². The molecular formula is C15H26BrN3. The summed E-state index contributed by atoms with van der Waals surface area (Å²) >= 11 is 3.49. The van der Waals surface area contributed by atoms with E-state index in [1.165, 1.54) is 5.56 Å². The first-order valence-electron chi connectivity index (χ1n) is 6.94. The van der Waals surface area contributed by atoms with E-state index < -0.39 is 0 Å². The van der Waals surface area contributed by atoms with Gasteiger partial charge in [-0.05, 0) is 68.0 Å². The monoisotopic (exact) mass is 327 g/mol. The van der Waals surface area contributed by atoms with Crippen LogP contribution in [0.25, 0.3) is 0 Å². The minimum absolute atomic E-state index is 0.178. The topological polar surface area (TPSA) is 28.2 Å². The third kappa shape index (κ3) is 3.77. The van der Waals surface area contributed by atoms with Gasteiger partial charge in [-0.3, -0.25) is 4.98 Å². The summed E-state index contributed by atoms with van der Waals surface area (Å²) in [5.41, 5.74) is 1.44. The first kappa shape index (κ1) is 16.6. The quantitative estimate of drug-likeness (QED) is 0.834. The van der Waals surface area contributed by atoms with Crippen LogP contribution in [0.2, 0.25) is 0 Å². The van der Waals surface area contributed by atoms with Crippen LogP contribution in [-0.4, -0.2) is 42.6 Å². The number of aromatic nitrogens is 1. The van der Waals surface area contributed by atoms with E-state index >= 15 is 0 Å². The molecule has 0 amide bonds. The molecule has 0 fully saturated rings. The smallest absolute Gasteiger partial charge is 0.0410 e. The number of nitrogens with one attached hydrogen (secondary N) is 1. The third-order valence-electron chi connectivity index (χ3n) is 4.31. The Kier molecular flexibility index (Phi) is 6.43. The van der Waals surface area contributed by atoms with Crippen LogP contribution in [0.4, 0.5) is 0 Å². The number of nitrogens with zero attached hydrogens (tertiary/aromatic N) is 2. The number of rotatable bonds is 7. The molecule has 1 unspecified atom stereocenters. The predicted octanol–water partition coefficient (Wildman–Crippen LogP) is 3.10. The lowest BCUT2D eigenvalue weighted by molar-refractivity contribution is 0.0917. The average Bonchev–Trinajstić information content (AvgIpc) is 2.39. The summed E-state index contributed by atoms with van der Waals surface area (Å²) in [4.78, 5) is 6.62. The normalized spacial score (nSPS) is 13.8. The van der Waals surface area contributed by atoms with E-state index in [0.717, 1.165) is 23.7 Å². The lowest BCUT2D eigenvalue weighted by Gasteiger charge is -2.45. The van der Waals surface area contributed by atoms with Gasteiger partial charge in [0.1, 0.15) is 0 Å². The van der Waals surface area contributed by atoms with Crippen molar-refractivity contribution in [1.82, 2.24) is 15.2 Å². The number of hydrogen-bond donors (Lipinski definition) is 1. The van der Waals surface area contributed by atoms with E-state index in [4.69, 9.17) is 0 Å². The van der Waals surface area contributed by atoms with Crippen LogP contribution in [0.3, 0.4) is 0 Å². The van der Waals surface area contributed by atoms with Gasteiger partial charge < -0.3 is 10.2 Å². The Bertz CT molecular complexity index is 389. The zero-order chi connectivity index (χ0) is 14.5. The molecule has 0 aliphatic rings. The highest BCUT2D eigenvalue weighted by Gasteiger charge is 2.36. The molecule has 3 nitrogen and oxygen atoms in total. The molecular weight excluding hydrogens is 302 g/mol. The fourth-order valence-electron chi connectivity index (χ4n) is 3.05. The van der Waals surface area contributed by atoms with Gasteiger partial charge in [0.05, 0.1) is 0 Å². The number of halogens is 1. The SMILES string of the molecule is CCC(CC)(C(Cc1cncc(Br)c1)NC)N(C)C. The molecule has 0 bridgehead atoms. The zero-order valence-corrected chi connectivity index (χ0v) is 14.3. The van der Waals surface area contributed by atoms with Crippen LogP contribution in [0.1, 0.15) is 32.3 Å². The third-order valence-corrected chi connectivity index (χ3v) is 4.75. The highest BCUT2D eigenvalue weighted by molar-refractivity contribution is 9.10. The average molecular weight is 328 g/mol. The molecule has 0 saturated carbocycles. The van der Waals surface area contributed by atoms with Crippen LogP contribution in [0.5, 0.6) is 0 Å². The summed E-state index contributed by atoms with van der Waals surface area (Å²) in [5.74, 6) is 0. The van der Waals surface area contributed by atoms with Gasteiger partial charge in [-0.1, -0.05) is 13.8 Å². The van der Waals surface area contributed by atoms with Gasteiger partial charge in [0.25, 0.3) is 0 Å². The molecule has 0 saturated heterocycles. The Labute approximate surface area is 125 Å². The molecule has 4 heteroatoms. The molecule has 1 aromatic heterocycles. The van der Waals surface area contributed by atoms with Gasteiger partial charge in [0.15, 0.2) is 0 Å². The summed E-state index contributed by atoms with van der Waals surface area (Å²) in [6.07, 6.45) is 7.03. The number of pyridine rings is 1. The molecule has 1 aromatic rings. The Morgan fingerprint density at radius 1 is 1.32 bits per heavy atom. The van der Waals surface area contributed by atoms with Gasteiger partial charge in [0, 0.05) is 28.4 Å². The molecule has 1 heterocycles. The Morgan fingerprint density at radius 2 is 1.95 bits per heavy atom. The van der Waals surface area contributed by atoms with Crippen LogP contribution in [-0.2, 0) is 6.42 Å². The van der Waals surface area contributed by atoms with Crippen molar-refractivity contribution in [1.29, 1.82) is 0 Å². The van der Waals surface area contributed by atoms with Gasteiger partial charge >= 0.3 is 0 Å². The molecule has 0 radical (unpaired) electrons. The molecule has 1 N–H and O–H groups in total. The van der Waals surface area contributed by atoms with Crippen molar-refractivity contribution < 1.29 is 0 Å². The van der Waals surface area contributed by atoms with E-state index in [-0.39, 0.29) is 5.54 Å². The van der Waals surface area contributed by atoms with Crippen molar-refractivity contribution in [2.24, 2.45) is 0 Å². The molecule has 19 heavy (non-hydrogen) atoms. The van der Waals surface area contributed by atoms with Crippen molar-refractivity contribution in [2.45, 2.75) is 44.7 Å². The summed E-state index contributed by atoms with van der Waals surface area (Å²) in [6.45, 7) is 4.54. The largest absolute Gasteiger partial charge is 0.315 e. The molecule has 0 spiro atoms.